The number of halogens is 2. The molecule has 1 aromatic rings. The third-order valence-corrected chi connectivity index (χ3v) is 3.40. The predicted octanol–water partition coefficient (Wildman–Crippen LogP) is 2.17. The fourth-order valence-corrected chi connectivity index (χ4v) is 2.32. The molecule has 0 aliphatic heterocycles. The smallest absolute Gasteiger partial charge is 0.178 e. The van der Waals surface area contributed by atoms with E-state index in [1.165, 1.54) is 18.2 Å². The first kappa shape index (κ1) is 12.5. The lowest BCUT2D eigenvalue weighted by Gasteiger charge is -2.05. The van der Waals surface area contributed by atoms with Crippen LogP contribution in [0.25, 0.3) is 0 Å². The molecule has 0 unspecified atom stereocenters. The van der Waals surface area contributed by atoms with Crippen LogP contribution in [-0.4, -0.2) is 26.3 Å². The summed E-state index contributed by atoms with van der Waals surface area (Å²) in [7, 11) is -3.44. The second-order valence-electron chi connectivity index (χ2n) is 2.97. The van der Waals surface area contributed by atoms with E-state index in [4.69, 9.17) is 23.2 Å². The van der Waals surface area contributed by atoms with E-state index in [-0.39, 0.29) is 16.3 Å². The van der Waals surface area contributed by atoms with Gasteiger partial charge in [-0.25, -0.2) is 8.42 Å². The third kappa shape index (κ3) is 2.93. The Morgan fingerprint density at radius 3 is 2.47 bits per heavy atom. The third-order valence-electron chi connectivity index (χ3n) is 1.76. The van der Waals surface area contributed by atoms with Crippen molar-refractivity contribution >= 4 is 38.8 Å². The van der Waals surface area contributed by atoms with Crippen LogP contribution in [0.2, 0.25) is 5.02 Å². The Morgan fingerprint density at radius 2 is 2.00 bits per heavy atom. The molecule has 3 nitrogen and oxygen atoms in total. The van der Waals surface area contributed by atoms with Crippen molar-refractivity contribution in [1.29, 1.82) is 0 Å². The fraction of sp³-hybridized carbons (Fsp3) is 0.222. The van der Waals surface area contributed by atoms with Crippen molar-refractivity contribution in [3.8, 4) is 0 Å². The fourth-order valence-electron chi connectivity index (χ4n) is 1.12. The minimum absolute atomic E-state index is 0.0417. The summed E-state index contributed by atoms with van der Waals surface area (Å²) in [5.41, 5.74) is 0.0417. The molecule has 1 rings (SSSR count). The molecule has 0 saturated carbocycles. The number of hydrogen-bond donors (Lipinski definition) is 0. The van der Waals surface area contributed by atoms with Crippen LogP contribution < -0.4 is 0 Å². The minimum atomic E-state index is -3.44. The van der Waals surface area contributed by atoms with Gasteiger partial charge in [-0.1, -0.05) is 11.6 Å². The van der Waals surface area contributed by atoms with Gasteiger partial charge in [0.05, 0.1) is 10.8 Å². The van der Waals surface area contributed by atoms with E-state index in [1.54, 1.807) is 0 Å². The van der Waals surface area contributed by atoms with E-state index >= 15 is 0 Å². The highest BCUT2D eigenvalue weighted by atomic mass is 35.5. The summed E-state index contributed by atoms with van der Waals surface area (Å²) >= 11 is 11.1. The number of alkyl halides is 1. The number of rotatable bonds is 3. The summed E-state index contributed by atoms with van der Waals surface area (Å²) in [5.74, 6) is -0.734. The van der Waals surface area contributed by atoms with Crippen LogP contribution in [-0.2, 0) is 9.84 Å². The molecule has 0 heterocycles. The number of benzene rings is 1. The van der Waals surface area contributed by atoms with Crippen molar-refractivity contribution < 1.29 is 13.2 Å². The average molecular weight is 267 g/mol. The number of Topliss-reactive ketones (excluding diaryl/α,β-unsaturated/α-hetero) is 1. The van der Waals surface area contributed by atoms with Crippen LogP contribution in [0.15, 0.2) is 23.1 Å². The largest absolute Gasteiger partial charge is 0.293 e. The highest BCUT2D eigenvalue weighted by Gasteiger charge is 2.18. The lowest BCUT2D eigenvalue weighted by molar-refractivity contribution is 0.101. The standard InChI is InChI=1S/C9H8Cl2O3S/c1-15(13,14)9-3-2-6(11)4-7(9)8(12)5-10/h2-4H,5H2,1H3. The maximum Gasteiger partial charge on any atom is 0.178 e. The number of carbonyl (C=O) groups is 1. The van der Waals surface area contributed by atoms with Gasteiger partial charge in [0.15, 0.2) is 15.6 Å². The Labute approximate surface area is 97.9 Å². The summed E-state index contributed by atoms with van der Waals surface area (Å²) in [6.07, 6.45) is 1.03. The van der Waals surface area contributed by atoms with Crippen molar-refractivity contribution in [3.05, 3.63) is 28.8 Å². The molecule has 0 aliphatic carbocycles. The molecule has 15 heavy (non-hydrogen) atoms. The molecule has 0 atom stereocenters. The van der Waals surface area contributed by atoms with Gasteiger partial charge >= 0.3 is 0 Å². The zero-order valence-corrected chi connectivity index (χ0v) is 10.2. The van der Waals surface area contributed by atoms with Crippen LogP contribution in [0, 0.1) is 0 Å². The molecule has 0 aromatic heterocycles. The zero-order valence-electron chi connectivity index (χ0n) is 7.83. The SMILES string of the molecule is CS(=O)(=O)c1ccc(Cl)cc1C(=O)CCl. The topological polar surface area (TPSA) is 51.2 Å². The quantitative estimate of drug-likeness (QED) is 0.623. The van der Waals surface area contributed by atoms with Crippen molar-refractivity contribution in [2.45, 2.75) is 4.90 Å². The molecule has 0 radical (unpaired) electrons. The molecular weight excluding hydrogens is 259 g/mol. The van der Waals surface area contributed by atoms with E-state index in [2.05, 4.69) is 0 Å². The van der Waals surface area contributed by atoms with E-state index in [0.717, 1.165) is 6.26 Å². The van der Waals surface area contributed by atoms with Gasteiger partial charge < -0.3 is 0 Å². The Hall–Kier alpha value is -0.580. The molecule has 82 valence electrons. The van der Waals surface area contributed by atoms with Crippen molar-refractivity contribution in [2.75, 3.05) is 12.1 Å². The van der Waals surface area contributed by atoms with Crippen LogP contribution in [0.1, 0.15) is 10.4 Å². The molecule has 0 N–H and O–H groups in total. The van der Waals surface area contributed by atoms with Crippen LogP contribution >= 0.6 is 23.2 Å². The summed E-state index contributed by atoms with van der Waals surface area (Å²) in [5, 5.41) is 0.302. The predicted molar refractivity (Wildman–Crippen MR) is 59.6 cm³/mol. The summed E-state index contributed by atoms with van der Waals surface area (Å²) in [6, 6.07) is 4.03. The van der Waals surface area contributed by atoms with Gasteiger partial charge in [-0.05, 0) is 18.2 Å². The van der Waals surface area contributed by atoms with Gasteiger partial charge in [0.25, 0.3) is 0 Å². The number of hydrogen-bond acceptors (Lipinski definition) is 3. The monoisotopic (exact) mass is 266 g/mol. The van der Waals surface area contributed by atoms with Crippen molar-refractivity contribution in [3.63, 3.8) is 0 Å². The average Bonchev–Trinajstić information content (AvgIpc) is 2.14. The Kier molecular flexibility index (Phi) is 3.76. The van der Waals surface area contributed by atoms with Crippen LogP contribution in [0.5, 0.6) is 0 Å². The first-order valence-electron chi connectivity index (χ1n) is 3.95. The lowest BCUT2D eigenvalue weighted by Crippen LogP contribution is -2.09. The van der Waals surface area contributed by atoms with Crippen LogP contribution in [0.3, 0.4) is 0 Å². The number of ketones is 1. The molecule has 1 aromatic carbocycles. The summed E-state index contributed by atoms with van der Waals surface area (Å²) < 4.78 is 22.7. The summed E-state index contributed by atoms with van der Waals surface area (Å²) in [6.45, 7) is 0. The van der Waals surface area contributed by atoms with Crippen LogP contribution in [0.4, 0.5) is 0 Å². The molecule has 0 bridgehead atoms. The first-order valence-corrected chi connectivity index (χ1v) is 6.75. The maximum absolute atomic E-state index is 11.4. The van der Waals surface area contributed by atoms with Gasteiger partial charge in [-0.3, -0.25) is 4.79 Å². The Balaban J connectivity index is 3.47. The van der Waals surface area contributed by atoms with Gasteiger partial charge in [0, 0.05) is 16.8 Å². The molecule has 0 fully saturated rings. The van der Waals surface area contributed by atoms with Crippen molar-refractivity contribution in [1.82, 2.24) is 0 Å². The first-order chi connectivity index (χ1) is 6.86. The second kappa shape index (κ2) is 4.51. The van der Waals surface area contributed by atoms with Gasteiger partial charge in [-0.2, -0.15) is 0 Å². The second-order valence-corrected chi connectivity index (χ2v) is 5.66. The molecular formula is C9H8Cl2O3S. The van der Waals surface area contributed by atoms with Crippen molar-refractivity contribution in [2.24, 2.45) is 0 Å². The van der Waals surface area contributed by atoms with E-state index < -0.39 is 15.6 Å². The van der Waals surface area contributed by atoms with E-state index in [9.17, 15) is 13.2 Å². The number of sulfone groups is 1. The zero-order chi connectivity index (χ0) is 11.6. The molecule has 6 heteroatoms. The summed E-state index contributed by atoms with van der Waals surface area (Å²) in [4.78, 5) is 11.3. The van der Waals surface area contributed by atoms with E-state index in [1.807, 2.05) is 0 Å². The highest BCUT2D eigenvalue weighted by Crippen LogP contribution is 2.21. The molecule has 0 aliphatic rings. The van der Waals surface area contributed by atoms with Gasteiger partial charge in [-0.15, -0.1) is 11.6 Å². The molecule has 0 amide bonds. The maximum atomic E-state index is 11.4. The van der Waals surface area contributed by atoms with Gasteiger partial charge in [0.1, 0.15) is 0 Å². The van der Waals surface area contributed by atoms with E-state index in [0.29, 0.717) is 5.02 Å². The number of carbonyl (C=O) groups excluding carboxylic acids is 1. The molecule has 0 spiro atoms. The Bertz CT molecular complexity index is 494. The Morgan fingerprint density at radius 1 is 1.40 bits per heavy atom. The minimum Gasteiger partial charge on any atom is -0.293 e. The normalized spacial score (nSPS) is 11.4. The van der Waals surface area contributed by atoms with Gasteiger partial charge in [0.2, 0.25) is 0 Å². The highest BCUT2D eigenvalue weighted by molar-refractivity contribution is 7.90. The lowest BCUT2D eigenvalue weighted by atomic mass is 10.1. The molecule has 0 saturated heterocycles.